The van der Waals surface area contributed by atoms with Crippen LogP contribution in [0.25, 0.3) is 11.1 Å². The van der Waals surface area contributed by atoms with E-state index < -0.39 is 0 Å². The maximum atomic E-state index is 14.7. The summed E-state index contributed by atoms with van der Waals surface area (Å²) in [4.78, 5) is 4.50. The van der Waals surface area contributed by atoms with Gasteiger partial charge in [0.2, 0.25) is 0 Å². The summed E-state index contributed by atoms with van der Waals surface area (Å²) in [5.74, 6) is 0.473. The lowest BCUT2D eigenvalue weighted by molar-refractivity contribution is -0.0807. The molecule has 0 amide bonds. The summed E-state index contributed by atoms with van der Waals surface area (Å²) in [5, 5.41) is 10.9. The van der Waals surface area contributed by atoms with Gasteiger partial charge in [0.05, 0.1) is 22.9 Å². The maximum Gasteiger partial charge on any atom is 0.146 e. The fraction of sp³-hybridized carbons (Fsp3) is 0.593. The minimum atomic E-state index is -0.357. The van der Waals surface area contributed by atoms with Gasteiger partial charge in [0.25, 0.3) is 0 Å². The molecule has 4 rings (SSSR count). The molecule has 0 atom stereocenters. The molecule has 7 nitrogen and oxygen atoms in total. The van der Waals surface area contributed by atoms with Gasteiger partial charge in [-0.3, -0.25) is 0 Å². The van der Waals surface area contributed by atoms with Crippen LogP contribution in [0.15, 0.2) is 30.5 Å². The quantitative estimate of drug-likeness (QED) is 0.355. The molecule has 2 fully saturated rings. The number of aromatic nitrogens is 1. The molecule has 0 radical (unpaired) electrons. The molecule has 1 aromatic carbocycles. The van der Waals surface area contributed by atoms with Crippen LogP contribution in [-0.2, 0) is 14.2 Å². The lowest BCUT2D eigenvalue weighted by Gasteiger charge is -2.36. The van der Waals surface area contributed by atoms with Crippen LogP contribution < -0.4 is 16.0 Å². The van der Waals surface area contributed by atoms with Crippen molar-refractivity contribution in [3.05, 3.63) is 41.3 Å². The largest absolute Gasteiger partial charge is 0.383 e. The van der Waals surface area contributed by atoms with Crippen molar-refractivity contribution in [1.82, 2.24) is 10.3 Å². The molecule has 198 valence electrons. The first-order chi connectivity index (χ1) is 17.5. The van der Waals surface area contributed by atoms with Gasteiger partial charge in [-0.15, -0.1) is 0 Å². The van der Waals surface area contributed by atoms with Gasteiger partial charge in [-0.1, -0.05) is 17.7 Å². The predicted molar refractivity (Wildman–Crippen MR) is 142 cm³/mol. The van der Waals surface area contributed by atoms with E-state index in [1.54, 1.807) is 32.5 Å². The minimum absolute atomic E-state index is 0.309. The van der Waals surface area contributed by atoms with Gasteiger partial charge in [-0.2, -0.15) is 0 Å². The Labute approximate surface area is 218 Å². The van der Waals surface area contributed by atoms with E-state index in [0.717, 1.165) is 68.6 Å². The highest BCUT2D eigenvalue weighted by Gasteiger charge is 2.32. The Hall–Kier alpha value is -1.97. The fourth-order valence-electron chi connectivity index (χ4n) is 5.04. The summed E-state index contributed by atoms with van der Waals surface area (Å²) < 4.78 is 31.1. The molecule has 9 heteroatoms. The molecule has 1 saturated carbocycles. The highest BCUT2D eigenvalue weighted by atomic mass is 35.5. The zero-order chi connectivity index (χ0) is 25.4. The van der Waals surface area contributed by atoms with Crippen molar-refractivity contribution < 1.29 is 18.6 Å². The highest BCUT2D eigenvalue weighted by molar-refractivity contribution is 6.33. The molecule has 0 bridgehead atoms. The first kappa shape index (κ1) is 27.1. The molecule has 2 aromatic rings. The minimum Gasteiger partial charge on any atom is -0.383 e. The normalized spacial score (nSPS) is 21.8. The van der Waals surface area contributed by atoms with Crippen LogP contribution in [0.5, 0.6) is 0 Å². The second-order valence-electron chi connectivity index (χ2n) is 9.74. The molecule has 3 N–H and O–H groups in total. The Bertz CT molecular complexity index is 981. The highest BCUT2D eigenvalue weighted by Crippen LogP contribution is 2.33. The fourth-order valence-corrected chi connectivity index (χ4v) is 5.25. The van der Waals surface area contributed by atoms with Crippen LogP contribution in [0.4, 0.5) is 15.9 Å². The van der Waals surface area contributed by atoms with Crippen molar-refractivity contribution in [2.24, 2.45) is 0 Å². The summed E-state index contributed by atoms with van der Waals surface area (Å²) in [6.45, 7) is 3.42. The molecule has 0 spiro atoms. The zero-order valence-electron chi connectivity index (χ0n) is 21.2. The van der Waals surface area contributed by atoms with Crippen molar-refractivity contribution in [1.29, 1.82) is 0 Å². The number of nitrogens with one attached hydrogen (secondary N) is 3. The second-order valence-corrected chi connectivity index (χ2v) is 10.1. The third-order valence-electron chi connectivity index (χ3n) is 7.39. The molecule has 1 aromatic heterocycles. The molecule has 1 saturated heterocycles. The number of anilines is 2. The number of halogens is 2. The maximum absolute atomic E-state index is 14.7. The average molecular weight is 521 g/mol. The first-order valence-corrected chi connectivity index (χ1v) is 13.2. The zero-order valence-corrected chi connectivity index (χ0v) is 22.0. The monoisotopic (exact) mass is 520 g/mol. The van der Waals surface area contributed by atoms with Gasteiger partial charge in [0.1, 0.15) is 11.6 Å². The van der Waals surface area contributed by atoms with Crippen molar-refractivity contribution in [2.75, 3.05) is 57.8 Å². The topological polar surface area (TPSA) is 76.7 Å². The van der Waals surface area contributed by atoms with Crippen LogP contribution in [0.3, 0.4) is 0 Å². The third kappa shape index (κ3) is 7.07. The van der Waals surface area contributed by atoms with Crippen molar-refractivity contribution in [3.8, 4) is 11.1 Å². The number of ether oxygens (including phenoxy) is 3. The number of pyridine rings is 1. The summed E-state index contributed by atoms with van der Waals surface area (Å²) in [6.07, 6.45) is 7.58. The van der Waals surface area contributed by atoms with Crippen molar-refractivity contribution in [2.45, 2.75) is 56.2 Å². The number of nitrogens with zero attached hydrogens (tertiary/aromatic N) is 1. The Morgan fingerprint density at radius 1 is 1.11 bits per heavy atom. The lowest BCUT2D eigenvalue weighted by Crippen LogP contribution is -2.44. The summed E-state index contributed by atoms with van der Waals surface area (Å²) in [7, 11) is 3.43. The van der Waals surface area contributed by atoms with Gasteiger partial charge in [0.15, 0.2) is 0 Å². The predicted octanol–water partition coefficient (Wildman–Crippen LogP) is 5.11. The first-order valence-electron chi connectivity index (χ1n) is 12.8. The van der Waals surface area contributed by atoms with Gasteiger partial charge < -0.3 is 30.2 Å². The Kier molecular flexibility index (Phi) is 9.79. The Balaban J connectivity index is 1.41. The van der Waals surface area contributed by atoms with E-state index in [2.05, 4.69) is 20.9 Å². The molecule has 2 heterocycles. The van der Waals surface area contributed by atoms with E-state index in [9.17, 15) is 4.39 Å². The van der Waals surface area contributed by atoms with E-state index in [1.165, 1.54) is 6.07 Å². The van der Waals surface area contributed by atoms with Gasteiger partial charge >= 0.3 is 0 Å². The van der Waals surface area contributed by atoms with E-state index in [0.29, 0.717) is 42.6 Å². The number of rotatable bonds is 11. The number of benzene rings is 1. The summed E-state index contributed by atoms with van der Waals surface area (Å²) >= 11 is 6.53. The number of methoxy groups -OCH3 is 2. The average Bonchev–Trinajstić information content (AvgIpc) is 2.91. The van der Waals surface area contributed by atoms with Crippen LogP contribution in [-0.4, -0.2) is 69.8 Å². The SMILES string of the molecule is COCCNC1CCC(Nc2cc(-c3ccc(F)c(NCC4(OC)CCOCC4)c3)c(Cl)cn2)CC1. The molecule has 2 aliphatic rings. The van der Waals surface area contributed by atoms with Crippen LogP contribution in [0.2, 0.25) is 5.02 Å². The van der Waals surface area contributed by atoms with Crippen molar-refractivity contribution in [3.63, 3.8) is 0 Å². The standard InChI is InChI=1S/C27H38ClFN4O3/c1-34-14-11-30-20-4-6-21(7-5-20)33-26-16-22(23(28)17-31-26)19-3-8-24(29)25(15-19)32-18-27(35-2)9-12-36-13-10-27/h3,8,15-17,20-21,30,32H,4-7,9-14,18H2,1-2H3,(H,31,33). The second kappa shape index (κ2) is 13.0. The van der Waals surface area contributed by atoms with Crippen LogP contribution in [0, 0.1) is 5.82 Å². The third-order valence-corrected chi connectivity index (χ3v) is 7.69. The van der Waals surface area contributed by atoms with E-state index >= 15 is 0 Å². The van der Waals surface area contributed by atoms with E-state index in [4.69, 9.17) is 25.8 Å². The molecule has 1 aliphatic heterocycles. The summed E-state index contributed by atoms with van der Waals surface area (Å²) in [6, 6.07) is 7.89. The van der Waals surface area contributed by atoms with Gasteiger partial charge in [-0.25, -0.2) is 9.37 Å². The van der Waals surface area contributed by atoms with Gasteiger partial charge in [0, 0.05) is 77.2 Å². The smallest absolute Gasteiger partial charge is 0.146 e. The molecule has 0 unspecified atom stereocenters. The summed E-state index contributed by atoms with van der Waals surface area (Å²) in [5.41, 5.74) is 1.72. The van der Waals surface area contributed by atoms with E-state index in [1.807, 2.05) is 6.07 Å². The molecule has 1 aliphatic carbocycles. The molecular formula is C27H38ClFN4O3. The van der Waals surface area contributed by atoms with Gasteiger partial charge in [-0.05, 0) is 49.4 Å². The van der Waals surface area contributed by atoms with Crippen molar-refractivity contribution >= 4 is 23.1 Å². The van der Waals surface area contributed by atoms with E-state index in [-0.39, 0.29) is 11.4 Å². The number of hydrogen-bond acceptors (Lipinski definition) is 7. The molecular weight excluding hydrogens is 483 g/mol. The van der Waals surface area contributed by atoms with Crippen LogP contribution >= 0.6 is 11.6 Å². The Morgan fingerprint density at radius 2 is 1.86 bits per heavy atom. The molecule has 36 heavy (non-hydrogen) atoms. The van der Waals surface area contributed by atoms with Crippen LogP contribution in [0.1, 0.15) is 38.5 Å². The number of hydrogen-bond donors (Lipinski definition) is 3. The lowest BCUT2D eigenvalue weighted by atomic mass is 9.91. The Morgan fingerprint density at radius 3 is 2.58 bits per heavy atom.